The fraction of sp³-hybridized carbons (Fsp3) is 0.400. The molecular formula is C10H12O. The van der Waals surface area contributed by atoms with Crippen LogP contribution in [0.2, 0.25) is 0 Å². The van der Waals surface area contributed by atoms with Crippen LogP contribution in [0.15, 0.2) is 35.3 Å². The van der Waals surface area contributed by atoms with Gasteiger partial charge < -0.3 is 5.11 Å². The zero-order valence-corrected chi connectivity index (χ0v) is 6.89. The van der Waals surface area contributed by atoms with Crippen molar-refractivity contribution in [2.75, 3.05) is 0 Å². The first-order valence-corrected chi connectivity index (χ1v) is 3.78. The highest BCUT2D eigenvalue weighted by Gasteiger charge is 2.21. The van der Waals surface area contributed by atoms with Crippen LogP contribution in [-0.2, 0) is 0 Å². The van der Waals surface area contributed by atoms with Crippen molar-refractivity contribution in [1.82, 2.24) is 0 Å². The van der Waals surface area contributed by atoms with Crippen molar-refractivity contribution in [1.29, 1.82) is 0 Å². The number of allylic oxidation sites excluding steroid dienone is 2. The Morgan fingerprint density at radius 1 is 1.64 bits per heavy atom. The quantitative estimate of drug-likeness (QED) is 0.593. The van der Waals surface area contributed by atoms with Crippen LogP contribution in [0.4, 0.5) is 0 Å². The Morgan fingerprint density at radius 3 is 2.82 bits per heavy atom. The summed E-state index contributed by atoms with van der Waals surface area (Å²) in [5.41, 5.74) is 5.76. The molecule has 1 nitrogen and oxygen atoms in total. The topological polar surface area (TPSA) is 20.2 Å². The summed E-state index contributed by atoms with van der Waals surface area (Å²) in [6.07, 6.45) is 6.19. The number of rotatable bonds is 2. The van der Waals surface area contributed by atoms with E-state index in [-0.39, 0.29) is 0 Å². The lowest BCUT2D eigenvalue weighted by Crippen LogP contribution is -2.24. The standard InChI is InChI=1S/C10H12O/c1-3-10(2,11)9-7-5-4-6-8-9/h4-5,7,11H,3H2,1-2H3. The number of hydrogen-bond acceptors (Lipinski definition) is 1. The molecule has 1 aliphatic rings. The monoisotopic (exact) mass is 148 g/mol. The molecule has 0 spiro atoms. The van der Waals surface area contributed by atoms with Gasteiger partial charge in [0.05, 0.1) is 5.60 Å². The van der Waals surface area contributed by atoms with E-state index in [1.807, 2.05) is 19.1 Å². The van der Waals surface area contributed by atoms with Crippen molar-refractivity contribution < 1.29 is 5.11 Å². The summed E-state index contributed by atoms with van der Waals surface area (Å²) in [7, 11) is 0. The smallest absolute Gasteiger partial charge is 0.0943 e. The summed E-state index contributed by atoms with van der Waals surface area (Å²) in [5, 5.41) is 9.74. The van der Waals surface area contributed by atoms with Gasteiger partial charge in [-0.15, -0.1) is 0 Å². The molecule has 0 fully saturated rings. The average molecular weight is 148 g/mol. The van der Waals surface area contributed by atoms with Gasteiger partial charge in [-0.2, -0.15) is 0 Å². The molecule has 0 aromatic carbocycles. The Bertz CT molecular complexity index is 269. The van der Waals surface area contributed by atoms with E-state index in [1.165, 1.54) is 0 Å². The summed E-state index contributed by atoms with van der Waals surface area (Å²) in [4.78, 5) is 0. The maximum atomic E-state index is 9.74. The lowest BCUT2D eigenvalue weighted by atomic mass is 9.92. The van der Waals surface area contributed by atoms with E-state index < -0.39 is 5.60 Å². The zero-order valence-electron chi connectivity index (χ0n) is 6.89. The highest BCUT2D eigenvalue weighted by Crippen LogP contribution is 2.20. The summed E-state index contributed by atoms with van der Waals surface area (Å²) in [6.45, 7) is 3.73. The van der Waals surface area contributed by atoms with Crippen LogP contribution in [0.5, 0.6) is 0 Å². The third kappa shape index (κ3) is 1.72. The molecule has 58 valence electrons. The molecule has 1 heteroatoms. The zero-order chi connectivity index (χ0) is 8.32. The molecule has 1 atom stereocenters. The summed E-state index contributed by atoms with van der Waals surface area (Å²) in [6, 6.07) is 0. The predicted molar refractivity (Wildman–Crippen MR) is 45.2 cm³/mol. The van der Waals surface area contributed by atoms with Gasteiger partial charge >= 0.3 is 0 Å². The molecule has 0 saturated carbocycles. The van der Waals surface area contributed by atoms with Crippen LogP contribution in [-0.4, -0.2) is 10.7 Å². The van der Waals surface area contributed by atoms with E-state index in [2.05, 4.69) is 11.5 Å². The third-order valence-corrected chi connectivity index (χ3v) is 1.92. The lowest BCUT2D eigenvalue weighted by molar-refractivity contribution is 0.0985. The van der Waals surface area contributed by atoms with Crippen LogP contribution in [0.1, 0.15) is 20.3 Å². The van der Waals surface area contributed by atoms with Crippen LogP contribution in [0, 0.1) is 0 Å². The van der Waals surface area contributed by atoms with Crippen molar-refractivity contribution in [3.8, 4) is 0 Å². The van der Waals surface area contributed by atoms with E-state index in [4.69, 9.17) is 0 Å². The molecule has 11 heavy (non-hydrogen) atoms. The summed E-state index contributed by atoms with van der Waals surface area (Å²) >= 11 is 0. The molecule has 0 aromatic rings. The molecule has 0 heterocycles. The molecule has 1 N–H and O–H groups in total. The van der Waals surface area contributed by atoms with Crippen molar-refractivity contribution in [3.63, 3.8) is 0 Å². The van der Waals surface area contributed by atoms with Gasteiger partial charge in [0, 0.05) is 5.57 Å². The van der Waals surface area contributed by atoms with E-state index in [0.29, 0.717) is 6.42 Å². The third-order valence-electron chi connectivity index (χ3n) is 1.92. The molecule has 1 unspecified atom stereocenters. The molecule has 1 aliphatic carbocycles. The highest BCUT2D eigenvalue weighted by molar-refractivity contribution is 5.32. The van der Waals surface area contributed by atoms with Gasteiger partial charge in [-0.25, -0.2) is 0 Å². The summed E-state index contributed by atoms with van der Waals surface area (Å²) in [5.74, 6) is 0. The number of hydrogen-bond donors (Lipinski definition) is 1. The Kier molecular flexibility index (Phi) is 2.16. The van der Waals surface area contributed by atoms with Crippen LogP contribution in [0.3, 0.4) is 0 Å². The largest absolute Gasteiger partial charge is 0.385 e. The van der Waals surface area contributed by atoms with Crippen molar-refractivity contribution in [3.05, 3.63) is 35.3 Å². The Balaban J connectivity index is 3.00. The minimum absolute atomic E-state index is 0.696. The molecule has 0 aliphatic heterocycles. The van der Waals surface area contributed by atoms with Crippen molar-refractivity contribution in [2.45, 2.75) is 25.9 Å². The number of aliphatic hydroxyl groups is 1. The minimum atomic E-state index is -0.752. The fourth-order valence-electron chi connectivity index (χ4n) is 0.858. The van der Waals surface area contributed by atoms with E-state index in [1.54, 1.807) is 13.0 Å². The Hall–Kier alpha value is -1.00. The molecule has 0 bridgehead atoms. The van der Waals surface area contributed by atoms with Crippen molar-refractivity contribution in [2.24, 2.45) is 0 Å². The first-order valence-electron chi connectivity index (χ1n) is 3.78. The molecular weight excluding hydrogens is 136 g/mol. The second kappa shape index (κ2) is 2.94. The molecule has 0 radical (unpaired) electrons. The SMILES string of the molecule is CCC(C)(O)C1=C=C=CC=C1. The fourth-order valence-corrected chi connectivity index (χ4v) is 0.858. The first kappa shape index (κ1) is 8.10. The van der Waals surface area contributed by atoms with Gasteiger partial charge in [0.25, 0.3) is 0 Å². The average Bonchev–Trinajstić information content (AvgIpc) is 2.06. The molecule has 1 rings (SSSR count). The van der Waals surface area contributed by atoms with Gasteiger partial charge in [0.1, 0.15) is 0 Å². The van der Waals surface area contributed by atoms with Gasteiger partial charge in [-0.1, -0.05) is 24.5 Å². The Morgan fingerprint density at radius 2 is 2.36 bits per heavy atom. The highest BCUT2D eigenvalue weighted by atomic mass is 16.3. The predicted octanol–water partition coefficient (Wildman–Crippen LogP) is 1.95. The maximum absolute atomic E-state index is 9.74. The lowest BCUT2D eigenvalue weighted by Gasteiger charge is -2.20. The molecule has 0 saturated heterocycles. The van der Waals surface area contributed by atoms with E-state index in [9.17, 15) is 5.11 Å². The maximum Gasteiger partial charge on any atom is 0.0943 e. The van der Waals surface area contributed by atoms with Crippen LogP contribution in [0.25, 0.3) is 0 Å². The van der Waals surface area contributed by atoms with Gasteiger partial charge in [-0.3, -0.25) is 0 Å². The van der Waals surface area contributed by atoms with Crippen LogP contribution >= 0.6 is 0 Å². The van der Waals surface area contributed by atoms with Crippen molar-refractivity contribution >= 4 is 0 Å². The van der Waals surface area contributed by atoms with E-state index >= 15 is 0 Å². The van der Waals surface area contributed by atoms with E-state index in [0.717, 1.165) is 5.57 Å². The first-order chi connectivity index (χ1) is 5.17. The Labute approximate surface area is 67.1 Å². The summed E-state index contributed by atoms with van der Waals surface area (Å²) < 4.78 is 0. The van der Waals surface area contributed by atoms with Gasteiger partial charge in [-0.05, 0) is 25.5 Å². The van der Waals surface area contributed by atoms with Crippen LogP contribution < -0.4 is 0 Å². The second-order valence-electron chi connectivity index (χ2n) is 2.84. The second-order valence-corrected chi connectivity index (χ2v) is 2.84. The molecule has 0 amide bonds. The van der Waals surface area contributed by atoms with Gasteiger partial charge in [0.2, 0.25) is 0 Å². The normalized spacial score (nSPS) is 19.7. The van der Waals surface area contributed by atoms with Gasteiger partial charge in [0.15, 0.2) is 0 Å². The molecule has 0 aromatic heterocycles. The minimum Gasteiger partial charge on any atom is -0.385 e.